The second kappa shape index (κ2) is 4.86. The van der Waals surface area contributed by atoms with Gasteiger partial charge in [-0.05, 0) is 37.5 Å². The maximum atomic E-state index is 11.3. The third-order valence-corrected chi connectivity index (χ3v) is 5.22. The Morgan fingerprint density at radius 2 is 1.94 bits per heavy atom. The van der Waals surface area contributed by atoms with Crippen LogP contribution in [0.5, 0.6) is 0 Å². The lowest BCUT2D eigenvalue weighted by Crippen LogP contribution is -2.32. The molecule has 0 spiro atoms. The van der Waals surface area contributed by atoms with Gasteiger partial charge in [-0.2, -0.15) is 0 Å². The third-order valence-electron chi connectivity index (χ3n) is 3.10. The molecule has 1 aliphatic heterocycles. The number of anilines is 1. The molecule has 0 unspecified atom stereocenters. The summed E-state index contributed by atoms with van der Waals surface area (Å²) in [6.45, 7) is 1.96. The number of sulfone groups is 1. The summed E-state index contributed by atoms with van der Waals surface area (Å²) in [5, 5.41) is 4.07. The standard InChI is InChI=1S/C12H16ClNO2S/c1-9-2-3-11(8-12(9)13)14-10-4-6-17(15,16)7-5-10/h2-3,8,10,14H,4-7H2,1H3. The highest BCUT2D eigenvalue weighted by atomic mass is 35.5. The molecule has 2 rings (SSSR count). The van der Waals surface area contributed by atoms with E-state index in [0.29, 0.717) is 12.8 Å². The molecule has 94 valence electrons. The van der Waals surface area contributed by atoms with Crippen molar-refractivity contribution in [1.82, 2.24) is 0 Å². The van der Waals surface area contributed by atoms with Crippen molar-refractivity contribution in [2.75, 3.05) is 16.8 Å². The molecule has 1 aromatic carbocycles. The summed E-state index contributed by atoms with van der Waals surface area (Å²) in [5.41, 5.74) is 2.01. The lowest BCUT2D eigenvalue weighted by molar-refractivity contribution is 0.559. The van der Waals surface area contributed by atoms with Gasteiger partial charge in [0.25, 0.3) is 0 Å². The summed E-state index contributed by atoms with van der Waals surface area (Å²) in [6.07, 6.45) is 1.35. The van der Waals surface area contributed by atoms with Crippen LogP contribution < -0.4 is 5.32 Å². The summed E-state index contributed by atoms with van der Waals surface area (Å²) in [4.78, 5) is 0. The fourth-order valence-corrected chi connectivity index (χ4v) is 3.62. The van der Waals surface area contributed by atoms with E-state index in [9.17, 15) is 8.42 Å². The normalized spacial score (nSPS) is 20.1. The summed E-state index contributed by atoms with van der Waals surface area (Å²) < 4.78 is 22.6. The van der Waals surface area contributed by atoms with E-state index in [1.807, 2.05) is 25.1 Å². The second-order valence-electron chi connectivity index (χ2n) is 4.53. The molecule has 3 nitrogen and oxygen atoms in total. The van der Waals surface area contributed by atoms with Crippen molar-refractivity contribution in [2.45, 2.75) is 25.8 Å². The van der Waals surface area contributed by atoms with Crippen LogP contribution in [-0.4, -0.2) is 26.0 Å². The van der Waals surface area contributed by atoms with Gasteiger partial charge in [0.05, 0.1) is 11.5 Å². The van der Waals surface area contributed by atoms with Gasteiger partial charge in [-0.15, -0.1) is 0 Å². The van der Waals surface area contributed by atoms with Gasteiger partial charge in [0.1, 0.15) is 9.84 Å². The average molecular weight is 274 g/mol. The molecule has 0 radical (unpaired) electrons. The number of halogens is 1. The van der Waals surface area contributed by atoms with Crippen LogP contribution in [0.2, 0.25) is 5.02 Å². The first kappa shape index (κ1) is 12.7. The van der Waals surface area contributed by atoms with E-state index in [-0.39, 0.29) is 17.5 Å². The van der Waals surface area contributed by atoms with Crippen LogP contribution in [0.1, 0.15) is 18.4 Å². The highest BCUT2D eigenvalue weighted by Crippen LogP contribution is 2.23. The summed E-state index contributed by atoms with van der Waals surface area (Å²) >= 11 is 6.04. The number of aryl methyl sites for hydroxylation is 1. The van der Waals surface area contributed by atoms with E-state index >= 15 is 0 Å². The highest BCUT2D eigenvalue weighted by molar-refractivity contribution is 7.91. The largest absolute Gasteiger partial charge is 0.382 e. The molecular formula is C12H16ClNO2S. The first-order chi connectivity index (χ1) is 7.96. The minimum Gasteiger partial charge on any atom is -0.382 e. The first-order valence-electron chi connectivity index (χ1n) is 5.69. The Kier molecular flexibility index (Phi) is 3.64. The molecule has 1 aromatic rings. The molecule has 0 atom stereocenters. The van der Waals surface area contributed by atoms with Crippen molar-refractivity contribution in [2.24, 2.45) is 0 Å². The predicted molar refractivity (Wildman–Crippen MR) is 71.5 cm³/mol. The minimum atomic E-state index is -2.79. The third kappa shape index (κ3) is 3.36. The van der Waals surface area contributed by atoms with Gasteiger partial charge in [0.2, 0.25) is 0 Å². The quantitative estimate of drug-likeness (QED) is 0.901. The van der Waals surface area contributed by atoms with Gasteiger partial charge in [-0.25, -0.2) is 8.42 Å². The monoisotopic (exact) mass is 273 g/mol. The Morgan fingerprint density at radius 1 is 1.29 bits per heavy atom. The average Bonchev–Trinajstić information content (AvgIpc) is 2.27. The van der Waals surface area contributed by atoms with Crippen LogP contribution in [0.4, 0.5) is 5.69 Å². The fourth-order valence-electron chi connectivity index (χ4n) is 1.95. The van der Waals surface area contributed by atoms with Crippen LogP contribution in [0.3, 0.4) is 0 Å². The van der Waals surface area contributed by atoms with E-state index in [0.717, 1.165) is 16.3 Å². The van der Waals surface area contributed by atoms with Crippen molar-refractivity contribution in [3.63, 3.8) is 0 Å². The number of hydrogen-bond acceptors (Lipinski definition) is 3. The van der Waals surface area contributed by atoms with Gasteiger partial charge >= 0.3 is 0 Å². The Bertz CT molecular complexity index is 499. The Hall–Kier alpha value is -0.740. The predicted octanol–water partition coefficient (Wildman–Crippen LogP) is 2.64. The van der Waals surface area contributed by atoms with Crippen LogP contribution in [0, 0.1) is 6.92 Å². The van der Waals surface area contributed by atoms with E-state index in [1.54, 1.807) is 0 Å². The molecule has 1 saturated heterocycles. The summed E-state index contributed by atoms with van der Waals surface area (Å²) in [7, 11) is -2.79. The van der Waals surface area contributed by atoms with Crippen molar-refractivity contribution < 1.29 is 8.42 Å². The summed E-state index contributed by atoms with van der Waals surface area (Å²) in [5.74, 6) is 0.564. The molecule has 0 aliphatic carbocycles. The molecule has 1 N–H and O–H groups in total. The maximum Gasteiger partial charge on any atom is 0.150 e. The lowest BCUT2D eigenvalue weighted by atomic mass is 10.1. The zero-order valence-corrected chi connectivity index (χ0v) is 11.3. The lowest BCUT2D eigenvalue weighted by Gasteiger charge is -2.24. The Morgan fingerprint density at radius 3 is 2.53 bits per heavy atom. The molecule has 0 aromatic heterocycles. The van der Waals surface area contributed by atoms with E-state index < -0.39 is 9.84 Å². The van der Waals surface area contributed by atoms with Crippen LogP contribution >= 0.6 is 11.6 Å². The van der Waals surface area contributed by atoms with E-state index in [1.165, 1.54) is 0 Å². The van der Waals surface area contributed by atoms with Gasteiger partial charge < -0.3 is 5.32 Å². The molecule has 1 heterocycles. The molecule has 0 saturated carbocycles. The first-order valence-corrected chi connectivity index (χ1v) is 7.89. The molecule has 0 bridgehead atoms. The SMILES string of the molecule is Cc1ccc(NC2CCS(=O)(=O)CC2)cc1Cl. The van der Waals surface area contributed by atoms with E-state index in [4.69, 9.17) is 11.6 Å². The second-order valence-corrected chi connectivity index (χ2v) is 7.25. The van der Waals surface area contributed by atoms with Crippen LogP contribution in [0.25, 0.3) is 0 Å². The zero-order valence-electron chi connectivity index (χ0n) is 9.74. The zero-order chi connectivity index (χ0) is 12.5. The summed E-state index contributed by atoms with van der Waals surface area (Å²) in [6, 6.07) is 6.06. The molecule has 5 heteroatoms. The van der Waals surface area contributed by atoms with Crippen molar-refractivity contribution in [3.05, 3.63) is 28.8 Å². The van der Waals surface area contributed by atoms with Crippen molar-refractivity contribution in [3.8, 4) is 0 Å². The van der Waals surface area contributed by atoms with Crippen molar-refractivity contribution >= 4 is 27.1 Å². The molecular weight excluding hydrogens is 258 g/mol. The van der Waals surface area contributed by atoms with Gasteiger partial charge in [-0.1, -0.05) is 17.7 Å². The number of nitrogens with one attached hydrogen (secondary N) is 1. The maximum absolute atomic E-state index is 11.3. The van der Waals surface area contributed by atoms with Crippen molar-refractivity contribution in [1.29, 1.82) is 0 Å². The molecule has 1 aliphatic rings. The topological polar surface area (TPSA) is 46.2 Å². The van der Waals surface area contributed by atoms with E-state index in [2.05, 4.69) is 5.32 Å². The Labute approximate surface area is 107 Å². The highest BCUT2D eigenvalue weighted by Gasteiger charge is 2.23. The molecule has 0 amide bonds. The molecule has 17 heavy (non-hydrogen) atoms. The smallest absolute Gasteiger partial charge is 0.150 e. The number of rotatable bonds is 2. The number of benzene rings is 1. The van der Waals surface area contributed by atoms with Crippen LogP contribution in [-0.2, 0) is 9.84 Å². The molecule has 1 fully saturated rings. The van der Waals surface area contributed by atoms with Gasteiger partial charge in [0.15, 0.2) is 0 Å². The minimum absolute atomic E-state index is 0.234. The van der Waals surface area contributed by atoms with Gasteiger partial charge in [0, 0.05) is 16.8 Å². The Balaban J connectivity index is 2.00. The fraction of sp³-hybridized carbons (Fsp3) is 0.500. The van der Waals surface area contributed by atoms with Gasteiger partial charge in [-0.3, -0.25) is 0 Å². The number of hydrogen-bond donors (Lipinski definition) is 1. The van der Waals surface area contributed by atoms with Crippen LogP contribution in [0.15, 0.2) is 18.2 Å².